The summed E-state index contributed by atoms with van der Waals surface area (Å²) in [5, 5.41) is 0.465. The van der Waals surface area contributed by atoms with E-state index in [4.69, 9.17) is 5.73 Å². The lowest BCUT2D eigenvalue weighted by atomic mass is 10.7. The van der Waals surface area contributed by atoms with Gasteiger partial charge in [-0.1, -0.05) is 0 Å². The molecule has 0 saturated carbocycles. The highest BCUT2D eigenvalue weighted by atomic mass is 32.2. The van der Waals surface area contributed by atoms with E-state index >= 15 is 0 Å². The summed E-state index contributed by atoms with van der Waals surface area (Å²) in [5.74, 6) is 0.160. The van der Waals surface area contributed by atoms with Gasteiger partial charge in [-0.3, -0.25) is 4.21 Å². The highest BCUT2D eigenvalue weighted by molar-refractivity contribution is 7.84. The van der Waals surface area contributed by atoms with Crippen molar-refractivity contribution in [2.75, 3.05) is 12.0 Å². The number of hydrogen-bond acceptors (Lipinski definition) is 4. The van der Waals surface area contributed by atoms with Crippen LogP contribution in [0, 0.1) is 0 Å². The molecule has 1 heterocycles. The van der Waals surface area contributed by atoms with E-state index in [0.29, 0.717) is 5.03 Å². The molecule has 0 aromatic carbocycles. The van der Waals surface area contributed by atoms with E-state index in [2.05, 4.69) is 9.97 Å². The molecule has 0 radical (unpaired) electrons. The summed E-state index contributed by atoms with van der Waals surface area (Å²) < 4.78 is 10.8. The van der Waals surface area contributed by atoms with Gasteiger partial charge in [-0.25, -0.2) is 9.97 Å². The maximum absolute atomic E-state index is 10.8. The van der Waals surface area contributed by atoms with Crippen LogP contribution >= 0.6 is 0 Å². The molecule has 0 aliphatic carbocycles. The molecule has 54 valence electrons. The van der Waals surface area contributed by atoms with Gasteiger partial charge < -0.3 is 5.73 Å². The molecule has 1 atom stereocenters. The Balaban J connectivity index is 3.07. The largest absolute Gasteiger partial charge is 0.368 e. The van der Waals surface area contributed by atoms with E-state index in [9.17, 15) is 4.21 Å². The highest BCUT2D eigenvalue weighted by Gasteiger charge is 1.97. The van der Waals surface area contributed by atoms with E-state index in [1.165, 1.54) is 6.20 Å². The predicted molar refractivity (Wildman–Crippen MR) is 38.8 cm³/mol. The smallest absolute Gasteiger partial charge is 0.221 e. The second kappa shape index (κ2) is 2.74. The van der Waals surface area contributed by atoms with Crippen molar-refractivity contribution in [3.63, 3.8) is 0 Å². The van der Waals surface area contributed by atoms with E-state index in [0.717, 1.165) is 0 Å². The lowest BCUT2D eigenvalue weighted by Crippen LogP contribution is -1.98. The molecular weight excluding hydrogens is 150 g/mol. The Kier molecular flexibility index (Phi) is 1.96. The Morgan fingerprint density at radius 3 is 2.80 bits per heavy atom. The van der Waals surface area contributed by atoms with Gasteiger partial charge in [-0.15, -0.1) is 0 Å². The molecule has 0 aliphatic rings. The Morgan fingerprint density at radius 2 is 2.40 bits per heavy atom. The summed E-state index contributed by atoms with van der Waals surface area (Å²) in [4.78, 5) is 7.39. The van der Waals surface area contributed by atoms with Crippen LogP contribution in [0.2, 0.25) is 0 Å². The fourth-order valence-corrected chi connectivity index (χ4v) is 0.991. The van der Waals surface area contributed by atoms with Crippen LogP contribution in [0.5, 0.6) is 0 Å². The topological polar surface area (TPSA) is 68.9 Å². The molecule has 0 bridgehead atoms. The van der Waals surface area contributed by atoms with Crippen molar-refractivity contribution in [1.29, 1.82) is 0 Å². The molecule has 4 nitrogen and oxygen atoms in total. The first kappa shape index (κ1) is 7.14. The first-order valence-corrected chi connectivity index (χ1v) is 4.18. The molecule has 1 unspecified atom stereocenters. The molecule has 0 spiro atoms. The van der Waals surface area contributed by atoms with E-state index in [1.54, 1.807) is 12.3 Å². The lowest BCUT2D eigenvalue weighted by molar-refractivity contribution is 0.684. The van der Waals surface area contributed by atoms with Crippen molar-refractivity contribution in [1.82, 2.24) is 9.97 Å². The molecule has 10 heavy (non-hydrogen) atoms. The first-order valence-electron chi connectivity index (χ1n) is 2.62. The minimum Gasteiger partial charge on any atom is -0.368 e. The van der Waals surface area contributed by atoms with Crippen LogP contribution in [0.25, 0.3) is 0 Å². The Hall–Kier alpha value is -0.970. The van der Waals surface area contributed by atoms with Gasteiger partial charge in [0.25, 0.3) is 0 Å². The molecule has 0 saturated heterocycles. The Morgan fingerprint density at radius 1 is 1.70 bits per heavy atom. The summed E-state index contributed by atoms with van der Waals surface area (Å²) in [7, 11) is -1.07. The fraction of sp³-hybridized carbons (Fsp3) is 0.200. The van der Waals surface area contributed by atoms with Crippen molar-refractivity contribution in [3.8, 4) is 0 Å². The average molecular weight is 157 g/mol. The maximum Gasteiger partial charge on any atom is 0.221 e. The summed E-state index contributed by atoms with van der Waals surface area (Å²) in [5.41, 5.74) is 5.24. The molecule has 5 heteroatoms. The number of anilines is 1. The van der Waals surface area contributed by atoms with Crippen LogP contribution in [-0.2, 0) is 10.8 Å². The monoisotopic (exact) mass is 157 g/mol. The third-order valence-corrected chi connectivity index (χ3v) is 1.76. The molecule has 0 fully saturated rings. The summed E-state index contributed by atoms with van der Waals surface area (Å²) in [6.07, 6.45) is 3.03. The van der Waals surface area contributed by atoms with Crippen LogP contribution in [0.1, 0.15) is 0 Å². The van der Waals surface area contributed by atoms with Gasteiger partial charge in [0, 0.05) is 12.5 Å². The van der Waals surface area contributed by atoms with E-state index in [-0.39, 0.29) is 5.95 Å². The summed E-state index contributed by atoms with van der Waals surface area (Å²) in [6, 6.07) is 1.58. The molecular formula is C5H7N3OS. The van der Waals surface area contributed by atoms with Crippen LogP contribution in [-0.4, -0.2) is 20.4 Å². The Labute approximate surface area is 60.9 Å². The lowest BCUT2D eigenvalue weighted by Gasteiger charge is -1.93. The van der Waals surface area contributed by atoms with E-state index < -0.39 is 10.8 Å². The van der Waals surface area contributed by atoms with Crippen molar-refractivity contribution < 1.29 is 4.21 Å². The van der Waals surface area contributed by atoms with Crippen LogP contribution in [0.3, 0.4) is 0 Å². The minimum atomic E-state index is -1.07. The zero-order valence-corrected chi connectivity index (χ0v) is 6.26. The normalized spacial score (nSPS) is 12.9. The van der Waals surface area contributed by atoms with Crippen molar-refractivity contribution in [2.45, 2.75) is 5.03 Å². The van der Waals surface area contributed by atoms with Gasteiger partial charge in [0.05, 0.1) is 10.8 Å². The summed E-state index contributed by atoms with van der Waals surface area (Å²) >= 11 is 0. The number of aromatic nitrogens is 2. The van der Waals surface area contributed by atoms with E-state index in [1.807, 2.05) is 0 Å². The van der Waals surface area contributed by atoms with Gasteiger partial charge in [-0.2, -0.15) is 0 Å². The van der Waals surface area contributed by atoms with Crippen LogP contribution in [0.15, 0.2) is 17.3 Å². The Bertz CT molecular complexity index is 263. The summed E-state index contributed by atoms with van der Waals surface area (Å²) in [6.45, 7) is 0. The first-order chi connectivity index (χ1) is 4.70. The number of rotatable bonds is 1. The number of nitrogens with zero attached hydrogens (tertiary/aromatic N) is 2. The molecule has 1 aromatic rings. The fourth-order valence-electron chi connectivity index (χ4n) is 0.517. The van der Waals surface area contributed by atoms with Crippen molar-refractivity contribution in [2.24, 2.45) is 0 Å². The van der Waals surface area contributed by atoms with Crippen LogP contribution < -0.4 is 5.73 Å². The third kappa shape index (κ3) is 1.51. The quantitative estimate of drug-likeness (QED) is 0.573. The molecule has 2 N–H and O–H groups in total. The second-order valence-corrected chi connectivity index (χ2v) is 3.03. The standard InChI is InChI=1S/C5H7N3OS/c1-10(9)4-2-3-7-5(6)8-4/h2-3H,1H3,(H2,6,7,8). The number of hydrogen-bond donors (Lipinski definition) is 1. The molecule has 0 aliphatic heterocycles. The van der Waals surface area contributed by atoms with Crippen molar-refractivity contribution in [3.05, 3.63) is 12.3 Å². The molecule has 0 amide bonds. The van der Waals surface area contributed by atoms with Crippen molar-refractivity contribution >= 4 is 16.7 Å². The van der Waals surface area contributed by atoms with Gasteiger partial charge in [0.2, 0.25) is 5.95 Å². The second-order valence-electron chi connectivity index (χ2n) is 1.71. The number of nitrogen functional groups attached to an aromatic ring is 1. The van der Waals surface area contributed by atoms with Gasteiger partial charge in [-0.05, 0) is 6.07 Å². The number of nitrogens with two attached hydrogens (primary N) is 1. The third-order valence-electron chi connectivity index (χ3n) is 0.943. The van der Waals surface area contributed by atoms with Gasteiger partial charge in [0.15, 0.2) is 0 Å². The predicted octanol–water partition coefficient (Wildman–Crippen LogP) is -0.204. The zero-order valence-electron chi connectivity index (χ0n) is 5.44. The minimum absolute atomic E-state index is 0.160. The van der Waals surface area contributed by atoms with Gasteiger partial charge in [0.1, 0.15) is 5.03 Å². The highest BCUT2D eigenvalue weighted by Crippen LogP contribution is 1.99. The van der Waals surface area contributed by atoms with Crippen LogP contribution in [0.4, 0.5) is 5.95 Å². The maximum atomic E-state index is 10.8. The molecule has 1 aromatic heterocycles. The average Bonchev–Trinajstić information content (AvgIpc) is 1.88. The molecule has 1 rings (SSSR count). The van der Waals surface area contributed by atoms with Gasteiger partial charge >= 0.3 is 0 Å². The SMILES string of the molecule is CS(=O)c1ccnc(N)n1. The zero-order chi connectivity index (χ0) is 7.56.